The first-order valence-electron chi connectivity index (χ1n) is 12.8. The van der Waals surface area contributed by atoms with E-state index in [1.165, 1.54) is 10.9 Å². The number of carbonyl (C=O) groups excluding carboxylic acids is 1. The van der Waals surface area contributed by atoms with E-state index in [2.05, 4.69) is 10.4 Å². The fraction of sp³-hybridized carbons (Fsp3) is 0.0625. The lowest BCUT2D eigenvalue weighted by atomic mass is 10.2. The number of furan rings is 1. The van der Waals surface area contributed by atoms with Crippen molar-refractivity contribution in [2.75, 3.05) is 11.9 Å². The number of benzene rings is 4. The number of amides is 1. The third kappa shape index (κ3) is 5.46. The standard InChI is InChI=1S/C32H23ClN4O4/c1-20-8-2-5-11-25(20)35-30(38)19-40-27-13-7-3-9-21(27)18-34-37-31(36-26-12-6-4-10-24(26)32(37)39)29-17-22-16-23(33)14-15-28(22)41-29/h2-18H,19H2,1H3,(H,35,38). The molecule has 0 aliphatic carbocycles. The largest absolute Gasteiger partial charge is 0.483 e. The Kier molecular flexibility index (Phi) is 7.06. The van der Waals surface area contributed by atoms with Crippen molar-refractivity contribution in [1.29, 1.82) is 0 Å². The SMILES string of the molecule is Cc1ccccc1NC(=O)COc1ccccc1C=Nn1c(-c2cc3cc(Cl)ccc3o2)nc2ccccc2c1=O. The maximum Gasteiger partial charge on any atom is 0.282 e. The van der Waals surface area contributed by atoms with Crippen molar-refractivity contribution in [3.8, 4) is 17.3 Å². The number of rotatable bonds is 7. The first-order chi connectivity index (χ1) is 20.0. The van der Waals surface area contributed by atoms with Crippen LogP contribution in [0.5, 0.6) is 5.75 Å². The number of hydrogen-bond donors (Lipinski definition) is 1. The van der Waals surface area contributed by atoms with Gasteiger partial charge in [-0.15, -0.1) is 0 Å². The summed E-state index contributed by atoms with van der Waals surface area (Å²) in [7, 11) is 0. The molecule has 0 atom stereocenters. The van der Waals surface area contributed by atoms with Crippen LogP contribution in [0.2, 0.25) is 5.02 Å². The maximum absolute atomic E-state index is 13.6. The normalized spacial score (nSPS) is 11.4. The van der Waals surface area contributed by atoms with Crippen LogP contribution in [0.4, 0.5) is 5.69 Å². The molecule has 0 unspecified atom stereocenters. The Labute approximate surface area is 239 Å². The van der Waals surface area contributed by atoms with Gasteiger partial charge in [0.25, 0.3) is 11.5 Å². The van der Waals surface area contributed by atoms with Gasteiger partial charge in [0, 0.05) is 21.7 Å². The molecule has 1 N–H and O–H groups in total. The van der Waals surface area contributed by atoms with Crippen LogP contribution < -0.4 is 15.6 Å². The second-order valence-electron chi connectivity index (χ2n) is 9.30. The monoisotopic (exact) mass is 562 g/mol. The van der Waals surface area contributed by atoms with Crippen LogP contribution in [0.25, 0.3) is 33.5 Å². The van der Waals surface area contributed by atoms with Crippen molar-refractivity contribution in [2.45, 2.75) is 6.92 Å². The van der Waals surface area contributed by atoms with Gasteiger partial charge in [0.05, 0.1) is 17.1 Å². The van der Waals surface area contributed by atoms with Gasteiger partial charge in [-0.1, -0.05) is 54.1 Å². The minimum Gasteiger partial charge on any atom is -0.483 e. The molecule has 0 saturated carbocycles. The number of nitrogens with one attached hydrogen (secondary N) is 1. The summed E-state index contributed by atoms with van der Waals surface area (Å²) in [6.45, 7) is 1.71. The summed E-state index contributed by atoms with van der Waals surface area (Å²) in [5.41, 5.74) is 2.99. The fourth-order valence-electron chi connectivity index (χ4n) is 4.40. The second-order valence-corrected chi connectivity index (χ2v) is 9.73. The topological polar surface area (TPSA) is 98.7 Å². The van der Waals surface area contributed by atoms with Crippen molar-refractivity contribution >= 4 is 51.3 Å². The van der Waals surface area contributed by atoms with E-state index in [1.807, 2.05) is 43.3 Å². The van der Waals surface area contributed by atoms with Gasteiger partial charge in [-0.05, 0) is 67.1 Å². The van der Waals surface area contributed by atoms with E-state index in [-0.39, 0.29) is 23.9 Å². The van der Waals surface area contributed by atoms with E-state index < -0.39 is 0 Å². The number of hydrogen-bond acceptors (Lipinski definition) is 6. The van der Waals surface area contributed by atoms with Crippen molar-refractivity contribution < 1.29 is 13.9 Å². The lowest BCUT2D eigenvalue weighted by Gasteiger charge is -2.11. The summed E-state index contributed by atoms with van der Waals surface area (Å²) >= 11 is 6.16. The summed E-state index contributed by atoms with van der Waals surface area (Å²) in [6.07, 6.45) is 1.50. The van der Waals surface area contributed by atoms with Gasteiger partial charge < -0.3 is 14.5 Å². The molecular formula is C32H23ClN4O4. The molecule has 41 heavy (non-hydrogen) atoms. The molecule has 0 spiro atoms. The van der Waals surface area contributed by atoms with Gasteiger partial charge in [-0.3, -0.25) is 9.59 Å². The molecular weight excluding hydrogens is 540 g/mol. The summed E-state index contributed by atoms with van der Waals surface area (Å²) in [6, 6.07) is 28.7. The molecule has 0 saturated heterocycles. The summed E-state index contributed by atoms with van der Waals surface area (Å²) < 4.78 is 13.1. The number of nitrogens with zero attached hydrogens (tertiary/aromatic N) is 3. The molecule has 202 valence electrons. The van der Waals surface area contributed by atoms with Crippen LogP contribution in [0.3, 0.4) is 0 Å². The number of fused-ring (bicyclic) bond motifs is 2. The molecule has 0 aliphatic heterocycles. The van der Waals surface area contributed by atoms with Crippen LogP contribution in [0.15, 0.2) is 111 Å². The van der Waals surface area contributed by atoms with Gasteiger partial charge in [0.15, 0.2) is 12.4 Å². The highest BCUT2D eigenvalue weighted by Crippen LogP contribution is 2.29. The molecule has 2 aromatic heterocycles. The highest BCUT2D eigenvalue weighted by Gasteiger charge is 2.17. The number of ether oxygens (including phenoxy) is 1. The Morgan fingerprint density at radius 1 is 1.02 bits per heavy atom. The predicted molar refractivity (Wildman–Crippen MR) is 161 cm³/mol. The van der Waals surface area contributed by atoms with Gasteiger partial charge >= 0.3 is 0 Å². The number of aryl methyl sites for hydroxylation is 1. The molecule has 6 aromatic rings. The van der Waals surface area contributed by atoms with Gasteiger partial charge in [-0.2, -0.15) is 9.78 Å². The highest BCUT2D eigenvalue weighted by molar-refractivity contribution is 6.31. The Bertz CT molecular complexity index is 2010. The first-order valence-corrected chi connectivity index (χ1v) is 13.2. The Morgan fingerprint density at radius 3 is 2.68 bits per heavy atom. The summed E-state index contributed by atoms with van der Waals surface area (Å²) in [5.74, 6) is 0.721. The van der Waals surface area contributed by atoms with Gasteiger partial charge in [0.2, 0.25) is 5.82 Å². The fourth-order valence-corrected chi connectivity index (χ4v) is 4.58. The average molecular weight is 563 g/mol. The third-order valence-corrected chi connectivity index (χ3v) is 6.70. The molecule has 9 heteroatoms. The second kappa shape index (κ2) is 11.1. The Balaban J connectivity index is 1.34. The molecule has 0 fully saturated rings. The molecule has 4 aromatic carbocycles. The molecule has 0 aliphatic rings. The summed E-state index contributed by atoms with van der Waals surface area (Å²) in [5, 5.41) is 9.10. The van der Waals surface area contributed by atoms with E-state index in [0.717, 1.165) is 16.6 Å². The molecule has 0 bridgehead atoms. The number of anilines is 1. The van der Waals surface area contributed by atoms with Crippen LogP contribution in [0, 0.1) is 6.92 Å². The lowest BCUT2D eigenvalue weighted by Crippen LogP contribution is -2.21. The zero-order valence-electron chi connectivity index (χ0n) is 21.9. The number of para-hydroxylation sites is 3. The average Bonchev–Trinajstić information content (AvgIpc) is 3.40. The van der Waals surface area contributed by atoms with Crippen molar-refractivity contribution in [3.63, 3.8) is 0 Å². The van der Waals surface area contributed by atoms with E-state index in [9.17, 15) is 9.59 Å². The minimum atomic E-state index is -0.364. The number of aromatic nitrogens is 2. The zero-order chi connectivity index (χ0) is 28.3. The Morgan fingerprint density at radius 2 is 1.80 bits per heavy atom. The first kappa shape index (κ1) is 26.0. The quantitative estimate of drug-likeness (QED) is 0.219. The predicted octanol–water partition coefficient (Wildman–Crippen LogP) is 6.67. The van der Waals surface area contributed by atoms with Crippen molar-refractivity contribution in [2.24, 2.45) is 5.10 Å². The molecule has 8 nitrogen and oxygen atoms in total. The van der Waals surface area contributed by atoms with E-state index >= 15 is 0 Å². The zero-order valence-corrected chi connectivity index (χ0v) is 22.6. The summed E-state index contributed by atoms with van der Waals surface area (Å²) in [4.78, 5) is 30.8. The van der Waals surface area contributed by atoms with E-state index in [0.29, 0.717) is 38.6 Å². The van der Waals surface area contributed by atoms with E-state index in [1.54, 1.807) is 60.7 Å². The van der Waals surface area contributed by atoms with Crippen LogP contribution in [0.1, 0.15) is 11.1 Å². The van der Waals surface area contributed by atoms with Gasteiger partial charge in [-0.25, -0.2) is 4.98 Å². The maximum atomic E-state index is 13.6. The van der Waals surface area contributed by atoms with Crippen LogP contribution in [-0.4, -0.2) is 28.4 Å². The van der Waals surface area contributed by atoms with Crippen molar-refractivity contribution in [3.05, 3.63) is 124 Å². The number of halogens is 1. The molecule has 6 rings (SSSR count). The highest BCUT2D eigenvalue weighted by atomic mass is 35.5. The Hall–Kier alpha value is -5.21. The van der Waals surface area contributed by atoms with Gasteiger partial charge in [0.1, 0.15) is 11.3 Å². The molecule has 0 radical (unpaired) electrons. The molecule has 1 amide bonds. The van der Waals surface area contributed by atoms with E-state index in [4.69, 9.17) is 25.7 Å². The molecule has 2 heterocycles. The minimum absolute atomic E-state index is 0.205. The van der Waals surface area contributed by atoms with Crippen LogP contribution >= 0.6 is 11.6 Å². The van der Waals surface area contributed by atoms with Crippen molar-refractivity contribution in [1.82, 2.24) is 9.66 Å². The number of carbonyl (C=O) groups is 1. The lowest BCUT2D eigenvalue weighted by molar-refractivity contribution is -0.118. The smallest absolute Gasteiger partial charge is 0.282 e. The third-order valence-electron chi connectivity index (χ3n) is 6.46. The van der Waals surface area contributed by atoms with Crippen LogP contribution in [-0.2, 0) is 4.79 Å².